The normalized spacial score (nSPS) is 15.0. The number of rotatable bonds is 7. The van der Waals surface area contributed by atoms with Gasteiger partial charge in [-0.2, -0.15) is 5.10 Å². The Kier molecular flexibility index (Phi) is 9.63. The van der Waals surface area contributed by atoms with E-state index < -0.39 is 5.60 Å². The molecule has 1 saturated heterocycles. The third-order valence-corrected chi connectivity index (χ3v) is 9.09. The number of carbonyl (C=O) groups excluding carboxylic acids is 1. The number of carbonyl (C=O) groups is 1. The van der Waals surface area contributed by atoms with E-state index in [2.05, 4.69) is 72.6 Å². The van der Waals surface area contributed by atoms with Crippen LogP contribution >= 0.6 is 11.3 Å². The largest absolute Gasteiger partial charge is 0.466 e. The first-order valence-corrected chi connectivity index (χ1v) is 16.4. The number of hydrogen-bond donors (Lipinski definition) is 2. The van der Waals surface area contributed by atoms with E-state index in [4.69, 9.17) is 19.9 Å². The number of esters is 1. The fourth-order valence-corrected chi connectivity index (χ4v) is 6.90. The maximum atomic E-state index is 12.6. The highest BCUT2D eigenvalue weighted by atomic mass is 32.1. The monoisotopic (exact) mass is 627 g/mol. The molecule has 238 valence electrons. The van der Waals surface area contributed by atoms with Crippen LogP contribution in [-0.2, 0) is 23.0 Å². The number of nitrogens with one attached hydrogen (secondary N) is 1. The lowest BCUT2D eigenvalue weighted by Crippen LogP contribution is -2.29. The summed E-state index contributed by atoms with van der Waals surface area (Å²) in [5, 5.41) is 18.9. The van der Waals surface area contributed by atoms with Gasteiger partial charge in [0.25, 0.3) is 0 Å². The van der Waals surface area contributed by atoms with E-state index in [9.17, 15) is 4.79 Å². The summed E-state index contributed by atoms with van der Waals surface area (Å²) in [6.07, 6.45) is 1.35. The van der Waals surface area contributed by atoms with Crippen molar-refractivity contribution in [3.63, 3.8) is 0 Å². The first-order valence-electron chi connectivity index (χ1n) is 15.6. The molecule has 0 radical (unpaired) electrons. The van der Waals surface area contributed by atoms with Crippen molar-refractivity contribution in [1.82, 2.24) is 20.1 Å². The van der Waals surface area contributed by atoms with Crippen LogP contribution in [0.25, 0.3) is 42.8 Å². The number of likely N-dealkylation sites (N-methyl/N-ethyl adjacent to an activating group) is 1. The average Bonchev–Trinajstić information content (AvgIpc) is 3.70. The van der Waals surface area contributed by atoms with Crippen LogP contribution < -0.4 is 10.2 Å². The Balaban J connectivity index is 0.000000743. The molecule has 3 heterocycles. The molecule has 8 nitrogen and oxygen atoms in total. The lowest BCUT2D eigenvalue weighted by molar-refractivity contribution is -0.142. The molecular weight excluding hydrogens is 582 g/mol. The third-order valence-electron chi connectivity index (χ3n) is 7.95. The zero-order valence-electron chi connectivity index (χ0n) is 27.7. The number of nitrogens with zero attached hydrogens (tertiary/aromatic N) is 4. The Bertz CT molecular complexity index is 1810. The molecule has 9 heteroatoms. The zero-order valence-corrected chi connectivity index (χ0v) is 28.5. The fourth-order valence-electron chi connectivity index (χ4n) is 5.77. The highest BCUT2D eigenvalue weighted by Gasteiger charge is 2.26. The van der Waals surface area contributed by atoms with Gasteiger partial charge >= 0.3 is 5.97 Å². The van der Waals surface area contributed by atoms with Crippen LogP contribution in [0.15, 0.2) is 48.5 Å². The van der Waals surface area contributed by atoms with Crippen molar-refractivity contribution in [3.05, 3.63) is 65.2 Å². The van der Waals surface area contributed by atoms with E-state index in [-0.39, 0.29) is 12.4 Å². The number of benzene rings is 3. The number of aliphatic hydroxyl groups is 1. The summed E-state index contributed by atoms with van der Waals surface area (Å²) < 4.78 is 8.40. The van der Waals surface area contributed by atoms with Crippen LogP contribution in [0.3, 0.4) is 0 Å². The van der Waals surface area contributed by atoms with Gasteiger partial charge in [0.1, 0.15) is 5.01 Å². The minimum Gasteiger partial charge on any atom is -0.466 e. The van der Waals surface area contributed by atoms with Crippen LogP contribution in [0, 0.1) is 13.8 Å². The number of fused-ring (bicyclic) bond motifs is 2. The maximum absolute atomic E-state index is 12.6. The van der Waals surface area contributed by atoms with E-state index in [0.717, 1.165) is 79.3 Å². The Morgan fingerprint density at radius 3 is 2.44 bits per heavy atom. The molecule has 0 amide bonds. The predicted molar refractivity (Wildman–Crippen MR) is 186 cm³/mol. The van der Waals surface area contributed by atoms with Crippen LogP contribution in [0.4, 0.5) is 5.82 Å². The molecule has 2 N–H and O–H groups in total. The molecule has 3 aromatic carbocycles. The highest BCUT2D eigenvalue weighted by Crippen LogP contribution is 2.42. The molecule has 1 aliphatic rings. The first kappa shape index (κ1) is 32.6. The van der Waals surface area contributed by atoms with E-state index in [1.807, 2.05) is 25.7 Å². The zero-order chi connectivity index (χ0) is 32.5. The topological polar surface area (TPSA) is 92.5 Å². The van der Waals surface area contributed by atoms with E-state index in [1.54, 1.807) is 32.1 Å². The third kappa shape index (κ3) is 7.38. The van der Waals surface area contributed by atoms with Crippen LogP contribution in [0.2, 0.25) is 0 Å². The molecule has 0 bridgehead atoms. The van der Waals surface area contributed by atoms with E-state index in [1.165, 1.54) is 5.56 Å². The van der Waals surface area contributed by atoms with Gasteiger partial charge in [0.2, 0.25) is 0 Å². The summed E-state index contributed by atoms with van der Waals surface area (Å²) in [4.78, 5) is 20.1. The summed E-state index contributed by atoms with van der Waals surface area (Å²) in [5.41, 5.74) is 8.05. The van der Waals surface area contributed by atoms with Crippen molar-refractivity contribution in [2.75, 3.05) is 31.6 Å². The van der Waals surface area contributed by atoms with Crippen molar-refractivity contribution in [3.8, 4) is 21.7 Å². The number of ether oxygens (including phenoxy) is 1. The Morgan fingerprint density at radius 2 is 1.80 bits per heavy atom. The van der Waals surface area contributed by atoms with Crippen LogP contribution in [-0.4, -0.2) is 64.2 Å². The Morgan fingerprint density at radius 1 is 1.11 bits per heavy atom. The minimum atomic E-state index is -0.500. The maximum Gasteiger partial charge on any atom is 0.310 e. The molecule has 5 aromatic rings. The van der Waals surface area contributed by atoms with Gasteiger partial charge < -0.3 is 20.1 Å². The van der Waals surface area contributed by atoms with Gasteiger partial charge in [-0.15, -0.1) is 11.3 Å². The smallest absolute Gasteiger partial charge is 0.310 e. The number of hydrogen-bond acceptors (Lipinski definition) is 8. The number of aryl methyl sites for hydroxylation is 3. The molecule has 0 aliphatic carbocycles. The van der Waals surface area contributed by atoms with Crippen LogP contribution in [0.1, 0.15) is 50.8 Å². The molecule has 45 heavy (non-hydrogen) atoms. The minimum absolute atomic E-state index is 0.208. The lowest BCUT2D eigenvalue weighted by Gasteiger charge is -2.16. The summed E-state index contributed by atoms with van der Waals surface area (Å²) in [6.45, 7) is 13.5. The van der Waals surface area contributed by atoms with Crippen molar-refractivity contribution in [1.29, 1.82) is 0 Å². The van der Waals surface area contributed by atoms with Gasteiger partial charge in [0.15, 0.2) is 5.82 Å². The molecular formula is C36H45N5O3S. The van der Waals surface area contributed by atoms with Crippen molar-refractivity contribution >= 4 is 44.2 Å². The van der Waals surface area contributed by atoms with Crippen molar-refractivity contribution in [2.45, 2.75) is 66.0 Å². The van der Waals surface area contributed by atoms with Crippen LogP contribution in [0.5, 0.6) is 0 Å². The molecule has 2 aromatic heterocycles. The summed E-state index contributed by atoms with van der Waals surface area (Å²) in [5.74, 6) is 0.825. The second-order valence-corrected chi connectivity index (χ2v) is 13.8. The second-order valence-electron chi connectivity index (χ2n) is 12.8. The molecule has 1 unspecified atom stereocenters. The summed E-state index contributed by atoms with van der Waals surface area (Å²) in [6, 6.07) is 17.6. The Hall–Kier alpha value is -3.79. The van der Waals surface area contributed by atoms with E-state index >= 15 is 0 Å². The number of anilines is 1. The summed E-state index contributed by atoms with van der Waals surface area (Å²) >= 11 is 1.68. The molecule has 0 saturated carbocycles. The van der Waals surface area contributed by atoms with Gasteiger partial charge in [-0.1, -0.05) is 29.8 Å². The molecule has 6 rings (SSSR count). The molecule has 1 aliphatic heterocycles. The van der Waals surface area contributed by atoms with Gasteiger partial charge in [-0.05, 0) is 96.0 Å². The van der Waals surface area contributed by atoms with Gasteiger partial charge in [-0.25, -0.2) is 4.98 Å². The Labute approximate surface area is 270 Å². The molecule has 1 fully saturated rings. The van der Waals surface area contributed by atoms with Gasteiger partial charge in [0.05, 0.1) is 34.4 Å². The number of aromatic nitrogens is 3. The van der Waals surface area contributed by atoms with E-state index in [0.29, 0.717) is 12.6 Å². The lowest BCUT2D eigenvalue weighted by atomic mass is 9.93. The van der Waals surface area contributed by atoms with Gasteiger partial charge in [-0.3, -0.25) is 9.48 Å². The van der Waals surface area contributed by atoms with Gasteiger partial charge in [0, 0.05) is 42.7 Å². The van der Waals surface area contributed by atoms with Crippen molar-refractivity contribution in [2.24, 2.45) is 7.05 Å². The second kappa shape index (κ2) is 13.3. The summed E-state index contributed by atoms with van der Waals surface area (Å²) in [7, 11) is 4.04. The fraction of sp³-hybridized carbons (Fsp3) is 0.417. The van der Waals surface area contributed by atoms with Crippen molar-refractivity contribution < 1.29 is 14.6 Å². The predicted octanol–water partition coefficient (Wildman–Crippen LogP) is 6.81. The number of thiazole rings is 1. The quantitative estimate of drug-likeness (QED) is 0.192. The SMILES string of the molecule is CC(C)(C)O.CCOC(=O)Cc1c(C)cc2nc(-c3ccc4c(c3)c(N3CCC(NC)C3)nn4C)sc2c1-c1ccc(C)cc1. The molecule has 0 spiro atoms. The molecule has 1 atom stereocenters. The standard InChI is InChI=1S/C32H35N5O2S.C4H10O/c1-6-39-28(38)17-24-20(3)15-26-30(29(24)21-9-7-19(2)8-10-21)40-32(34-26)22-11-12-27-25(16-22)31(35-36(27)5)37-14-13-23(18-37)33-4;1-4(2,3)5/h7-12,15-16,23,33H,6,13-14,17-18H2,1-5H3;5H,1-3H3. The first-order chi connectivity index (χ1) is 21.4. The highest BCUT2D eigenvalue weighted by molar-refractivity contribution is 7.22. The average molecular weight is 628 g/mol.